The van der Waals surface area contributed by atoms with Crippen LogP contribution in [0.25, 0.3) is 11.1 Å². The van der Waals surface area contributed by atoms with Crippen molar-refractivity contribution in [3.63, 3.8) is 0 Å². The molecule has 4 aliphatic carbocycles. The molecule has 3 aromatic heterocycles. The first-order valence-corrected chi connectivity index (χ1v) is 18.7. The van der Waals surface area contributed by atoms with E-state index in [2.05, 4.69) is 63.0 Å². The highest BCUT2D eigenvalue weighted by molar-refractivity contribution is 5.95. The van der Waals surface area contributed by atoms with Crippen LogP contribution in [0.1, 0.15) is 103 Å². The van der Waals surface area contributed by atoms with E-state index in [9.17, 15) is 9.59 Å². The van der Waals surface area contributed by atoms with Gasteiger partial charge in [-0.25, -0.2) is 14.8 Å². The van der Waals surface area contributed by atoms with Gasteiger partial charge >= 0.3 is 6.09 Å². The molecule has 1 aliphatic heterocycles. The van der Waals surface area contributed by atoms with Gasteiger partial charge in [-0.1, -0.05) is 6.92 Å². The molecule has 2 amide bonds. The second kappa shape index (κ2) is 13.3. The van der Waals surface area contributed by atoms with Crippen molar-refractivity contribution >= 4 is 17.8 Å². The number of aromatic nitrogens is 4. The summed E-state index contributed by atoms with van der Waals surface area (Å²) in [4.78, 5) is 40.6. The summed E-state index contributed by atoms with van der Waals surface area (Å²) in [6, 6.07) is 6.35. The topological polar surface area (TPSA) is 103 Å². The minimum Gasteiger partial charge on any atom is -0.481 e. The predicted molar refractivity (Wildman–Crippen MR) is 193 cm³/mol. The summed E-state index contributed by atoms with van der Waals surface area (Å²) < 4.78 is 13.3. The number of ether oxygens (including phenoxy) is 2. The van der Waals surface area contributed by atoms with Crippen molar-refractivity contribution in [2.24, 2.45) is 17.3 Å². The summed E-state index contributed by atoms with van der Waals surface area (Å²) in [5.74, 6) is 1.96. The molecule has 0 atom stereocenters. The van der Waals surface area contributed by atoms with Crippen molar-refractivity contribution < 1.29 is 19.1 Å². The lowest BCUT2D eigenvalue weighted by molar-refractivity contribution is -0.124. The van der Waals surface area contributed by atoms with Gasteiger partial charge in [-0.2, -0.15) is 5.10 Å². The van der Waals surface area contributed by atoms with Crippen molar-refractivity contribution in [1.82, 2.24) is 24.6 Å². The van der Waals surface area contributed by atoms with Crippen LogP contribution in [0, 0.1) is 24.2 Å². The first-order chi connectivity index (χ1) is 23.9. The number of amides is 2. The number of hydrogen-bond acceptors (Lipinski definition) is 7. The lowest BCUT2D eigenvalue weighted by Crippen LogP contribution is -2.52. The van der Waals surface area contributed by atoms with Crippen LogP contribution in [0.15, 0.2) is 43.0 Å². The zero-order valence-electron chi connectivity index (χ0n) is 30.8. The summed E-state index contributed by atoms with van der Waals surface area (Å²) in [7, 11) is 1.68. The second-order valence-electron chi connectivity index (χ2n) is 16.9. The lowest BCUT2D eigenvalue weighted by atomic mass is 9.52. The molecule has 3 aromatic rings. The van der Waals surface area contributed by atoms with E-state index in [0.717, 1.165) is 68.3 Å². The Labute approximate surface area is 296 Å². The number of hydrogen-bond donors (Lipinski definition) is 0. The zero-order chi connectivity index (χ0) is 35.3. The Morgan fingerprint density at radius 3 is 2.26 bits per heavy atom. The maximum atomic E-state index is 14.7. The summed E-state index contributed by atoms with van der Waals surface area (Å²) >= 11 is 0. The third-order valence-electron chi connectivity index (χ3n) is 12.2. The van der Waals surface area contributed by atoms with E-state index in [1.54, 1.807) is 12.0 Å². The highest BCUT2D eigenvalue weighted by Crippen LogP contribution is 2.58. The third kappa shape index (κ3) is 6.74. The van der Waals surface area contributed by atoms with E-state index in [-0.39, 0.29) is 40.4 Å². The molecule has 50 heavy (non-hydrogen) atoms. The number of carbonyl (C=O) groups excluding carboxylic acids is 2. The molecule has 0 radical (unpaired) electrons. The van der Waals surface area contributed by atoms with Gasteiger partial charge < -0.3 is 14.4 Å². The van der Waals surface area contributed by atoms with Crippen LogP contribution in [0.5, 0.6) is 5.88 Å². The Balaban J connectivity index is 1.10. The van der Waals surface area contributed by atoms with Crippen LogP contribution >= 0.6 is 0 Å². The molecule has 4 heterocycles. The molecule has 5 aliphatic rings. The van der Waals surface area contributed by atoms with Crippen molar-refractivity contribution in [1.29, 1.82) is 0 Å². The van der Waals surface area contributed by atoms with E-state index < -0.39 is 0 Å². The van der Waals surface area contributed by atoms with Gasteiger partial charge in [-0.15, -0.1) is 0 Å². The van der Waals surface area contributed by atoms with E-state index in [1.807, 2.05) is 34.2 Å². The smallest absolute Gasteiger partial charge is 0.410 e. The number of anilines is 1. The van der Waals surface area contributed by atoms with Crippen LogP contribution in [0.3, 0.4) is 0 Å². The minimum absolute atomic E-state index is 0.0439. The quantitative estimate of drug-likeness (QED) is 0.240. The Morgan fingerprint density at radius 1 is 0.960 bits per heavy atom. The second-order valence-corrected chi connectivity index (χ2v) is 16.9. The fraction of sp³-hybridized carbons (Fsp3) is 0.625. The number of nitrogens with zero attached hydrogens (tertiary/aromatic N) is 6. The Hall–Kier alpha value is -3.95. The van der Waals surface area contributed by atoms with Gasteiger partial charge in [0.15, 0.2) is 0 Å². The third-order valence-corrected chi connectivity index (χ3v) is 12.2. The van der Waals surface area contributed by atoms with Gasteiger partial charge in [0.25, 0.3) is 0 Å². The molecule has 1 saturated heterocycles. The van der Waals surface area contributed by atoms with Gasteiger partial charge in [0.2, 0.25) is 11.8 Å². The molecule has 0 spiro atoms. The summed E-state index contributed by atoms with van der Waals surface area (Å²) in [5.41, 5.74) is 4.47. The van der Waals surface area contributed by atoms with Crippen LogP contribution in [0.2, 0.25) is 0 Å². The fourth-order valence-corrected chi connectivity index (χ4v) is 8.90. The van der Waals surface area contributed by atoms with Crippen molar-refractivity contribution in [3.8, 4) is 17.0 Å². The average Bonchev–Trinajstić information content (AvgIpc) is 3.62. The molecule has 5 fully saturated rings. The predicted octanol–water partition coefficient (Wildman–Crippen LogP) is 7.68. The normalized spacial score (nSPS) is 26.7. The molecule has 0 aromatic carbocycles. The molecule has 2 bridgehead atoms. The summed E-state index contributed by atoms with van der Waals surface area (Å²) in [5, 5.41) is 4.63. The first-order valence-electron chi connectivity index (χ1n) is 18.7. The number of pyridine rings is 2. The standard InChI is InChI=1S/C40H54N6O4/c1-27-23-44(24-27)37(48)50-33-9-7-29(8-10-33)36(47)45(34-20-30(11-18-41-34)31-21-43-46(25-31)38(3,4)5)26-39-12-15-40(16-13-39,17-14-39)32-19-28(2)35(49-6)42-22-32/h11,18-22,25,27,29,33H,7-10,12-17,23-24,26H2,1-6H3/t29-,33-,39?,40?. The lowest BCUT2D eigenvalue weighted by Gasteiger charge is -2.55. The molecule has 8 rings (SSSR count). The highest BCUT2D eigenvalue weighted by Gasteiger charge is 2.51. The molecule has 4 saturated carbocycles. The molecular weight excluding hydrogens is 628 g/mol. The van der Waals surface area contributed by atoms with E-state index in [1.165, 1.54) is 5.56 Å². The Morgan fingerprint density at radius 2 is 1.66 bits per heavy atom. The van der Waals surface area contributed by atoms with Crippen molar-refractivity contribution in [3.05, 3.63) is 54.1 Å². The molecule has 10 heteroatoms. The first kappa shape index (κ1) is 34.5. The van der Waals surface area contributed by atoms with Crippen LogP contribution in [0.4, 0.5) is 10.6 Å². The number of likely N-dealkylation sites (tertiary alicyclic amines) is 1. The molecule has 268 valence electrons. The maximum Gasteiger partial charge on any atom is 0.410 e. The summed E-state index contributed by atoms with van der Waals surface area (Å²) in [6.07, 6.45) is 16.8. The SMILES string of the molecule is COc1ncc(C23CCC(CN(c4cc(-c5cnn(C(C)(C)C)c5)ccn4)C(=O)[C@H]4CC[C@H](OC(=O)N5CC(C)C5)CC4)(CC2)CC3)cc1C. The van der Waals surface area contributed by atoms with Gasteiger partial charge in [-0.05, 0) is 138 Å². The zero-order valence-corrected chi connectivity index (χ0v) is 30.8. The van der Waals surface area contributed by atoms with E-state index in [4.69, 9.17) is 14.5 Å². The van der Waals surface area contributed by atoms with E-state index in [0.29, 0.717) is 49.8 Å². The monoisotopic (exact) mass is 682 g/mol. The molecule has 10 nitrogen and oxygen atoms in total. The van der Waals surface area contributed by atoms with Crippen LogP contribution in [-0.4, -0.2) is 69.5 Å². The largest absolute Gasteiger partial charge is 0.481 e. The fourth-order valence-electron chi connectivity index (χ4n) is 8.90. The van der Waals surface area contributed by atoms with E-state index >= 15 is 0 Å². The molecule has 0 N–H and O–H groups in total. The number of aryl methyl sites for hydroxylation is 1. The van der Waals surface area contributed by atoms with Crippen LogP contribution < -0.4 is 9.64 Å². The van der Waals surface area contributed by atoms with Gasteiger partial charge in [-0.3, -0.25) is 14.4 Å². The highest BCUT2D eigenvalue weighted by atomic mass is 16.6. The van der Waals surface area contributed by atoms with Crippen molar-refractivity contribution in [2.75, 3.05) is 31.6 Å². The van der Waals surface area contributed by atoms with Crippen LogP contribution in [-0.2, 0) is 20.5 Å². The van der Waals surface area contributed by atoms with Gasteiger partial charge in [0, 0.05) is 55.3 Å². The Kier molecular flexibility index (Phi) is 9.18. The number of fused-ring (bicyclic) bond motifs is 3. The molecular formula is C40H54N6O4. The number of methoxy groups -OCH3 is 1. The number of rotatable bonds is 8. The summed E-state index contributed by atoms with van der Waals surface area (Å²) in [6.45, 7) is 12.8. The maximum absolute atomic E-state index is 14.7. The van der Waals surface area contributed by atoms with Gasteiger partial charge in [0.05, 0.1) is 18.8 Å². The number of carbonyl (C=O) groups is 2. The average molecular weight is 683 g/mol. The molecule has 0 unspecified atom stereocenters. The minimum atomic E-state index is -0.208. The van der Waals surface area contributed by atoms with Crippen molar-refractivity contribution in [2.45, 2.75) is 116 Å². The Bertz CT molecular complexity index is 1690. The van der Waals surface area contributed by atoms with Gasteiger partial charge in [0.1, 0.15) is 11.9 Å².